The molecule has 2 saturated carbocycles. The van der Waals surface area contributed by atoms with Gasteiger partial charge in [0.05, 0.1) is 29.7 Å². The third kappa shape index (κ3) is 2.91. The fraction of sp³-hybridized carbons (Fsp3) is 0.346. The van der Waals surface area contributed by atoms with Crippen molar-refractivity contribution < 1.29 is 18.7 Å². The van der Waals surface area contributed by atoms with Crippen molar-refractivity contribution in [3.05, 3.63) is 74.5 Å². The number of benzene rings is 2. The molecule has 4 aliphatic rings. The molecule has 1 saturated heterocycles. The Bertz CT molecular complexity index is 1420. The van der Waals surface area contributed by atoms with Crippen molar-refractivity contribution in [2.75, 3.05) is 12.0 Å². The summed E-state index contributed by atoms with van der Waals surface area (Å²) in [6.45, 7) is 0. The summed E-state index contributed by atoms with van der Waals surface area (Å²) in [7, 11) is 1.63. The third-order valence-corrected chi connectivity index (χ3v) is 10.9. The van der Waals surface area contributed by atoms with Crippen LogP contribution in [0, 0.1) is 35.4 Å². The summed E-state index contributed by atoms with van der Waals surface area (Å²) in [6, 6.07) is 13.5. The lowest BCUT2D eigenvalue weighted by Gasteiger charge is -2.43. The van der Waals surface area contributed by atoms with Gasteiger partial charge in [-0.25, -0.2) is 4.39 Å². The first-order valence-corrected chi connectivity index (χ1v) is 13.3. The van der Waals surface area contributed by atoms with Crippen LogP contribution in [0.4, 0.5) is 10.1 Å². The zero-order valence-electron chi connectivity index (χ0n) is 18.6. The third-order valence-electron chi connectivity index (χ3n) is 8.28. The maximum absolute atomic E-state index is 13.7. The summed E-state index contributed by atoms with van der Waals surface area (Å²) < 4.78 is 18.8. The highest BCUT2D eigenvalue weighted by Crippen LogP contribution is 2.68. The number of amides is 2. The number of fused-ring (bicyclic) bond motifs is 9. The summed E-state index contributed by atoms with van der Waals surface area (Å²) in [4.78, 5) is 44.8. The molecule has 7 atom stereocenters. The summed E-state index contributed by atoms with van der Waals surface area (Å²) >= 11 is 2.91. The number of aromatic nitrogens is 1. The first kappa shape index (κ1) is 21.4. The van der Waals surface area contributed by atoms with Gasteiger partial charge in [0.1, 0.15) is 11.6 Å². The Morgan fingerprint density at radius 2 is 1.66 bits per heavy atom. The van der Waals surface area contributed by atoms with Crippen LogP contribution in [0.3, 0.4) is 0 Å². The molecule has 0 radical (unpaired) electrons. The largest absolute Gasteiger partial charge is 0.497 e. The fourth-order valence-corrected chi connectivity index (χ4v) is 9.93. The molecule has 0 unspecified atom stereocenters. The van der Waals surface area contributed by atoms with E-state index in [2.05, 4.69) is 4.98 Å². The highest BCUT2D eigenvalue weighted by Gasteiger charge is 2.69. The maximum atomic E-state index is 13.7. The first-order valence-electron chi connectivity index (χ1n) is 11.6. The molecule has 3 aromatic rings. The standard InChI is InChI=1S/C26H21FN2O4S2/c1-33-14-8-2-11(3-9-14)17-18-15-10-16(21(18)34-23-22(17)35-26(32)28-23)20-19(15)24(30)29(25(20)31)13-6-4-12(27)5-7-13/h2-9,15-21H,10H2,1H3,(H,28,32)/t15-,16+,17-,18+,19+,20+,21-/m0/s1. The second-order valence-electron chi connectivity index (χ2n) is 9.72. The van der Waals surface area contributed by atoms with Gasteiger partial charge in [0, 0.05) is 16.0 Å². The minimum Gasteiger partial charge on any atom is -0.497 e. The number of hydrogen-bond donors (Lipinski definition) is 1. The van der Waals surface area contributed by atoms with Crippen molar-refractivity contribution in [1.82, 2.24) is 4.98 Å². The number of aromatic amines is 1. The Labute approximate surface area is 208 Å². The van der Waals surface area contributed by atoms with Gasteiger partial charge in [-0.2, -0.15) is 0 Å². The molecule has 6 nitrogen and oxygen atoms in total. The molecule has 2 bridgehead atoms. The number of thioether (sulfide) groups is 1. The smallest absolute Gasteiger partial charge is 0.305 e. The van der Waals surface area contributed by atoms with Gasteiger partial charge in [0.2, 0.25) is 11.8 Å². The van der Waals surface area contributed by atoms with E-state index < -0.39 is 5.82 Å². The predicted molar refractivity (Wildman–Crippen MR) is 130 cm³/mol. The molecule has 7 rings (SSSR count). The van der Waals surface area contributed by atoms with Crippen molar-refractivity contribution in [1.29, 1.82) is 0 Å². The molecule has 3 heterocycles. The van der Waals surface area contributed by atoms with Gasteiger partial charge in [0.15, 0.2) is 0 Å². The number of rotatable bonds is 3. The molecule has 1 aromatic heterocycles. The van der Waals surface area contributed by atoms with E-state index in [-0.39, 0.29) is 57.4 Å². The SMILES string of the molecule is COc1ccc([C@@H]2c3sc(=O)[nH]c3S[C@H]3[C@@H]4C[C@H]([C@H]5C(=O)N(c6ccc(F)cc6)C(=O)[C@H]45)[C@H]23)cc1. The number of nitrogens with zero attached hydrogens (tertiary/aromatic N) is 1. The Balaban J connectivity index is 1.31. The average molecular weight is 509 g/mol. The van der Waals surface area contributed by atoms with Crippen LogP contribution in [0.1, 0.15) is 22.8 Å². The van der Waals surface area contributed by atoms with E-state index in [1.54, 1.807) is 18.9 Å². The van der Waals surface area contributed by atoms with E-state index >= 15 is 0 Å². The number of nitrogens with one attached hydrogen (secondary N) is 1. The van der Waals surface area contributed by atoms with Crippen LogP contribution in [-0.4, -0.2) is 29.2 Å². The Morgan fingerprint density at radius 3 is 2.34 bits per heavy atom. The molecule has 35 heavy (non-hydrogen) atoms. The van der Waals surface area contributed by atoms with Crippen molar-refractivity contribution in [3.8, 4) is 5.75 Å². The number of H-pyrrole nitrogens is 1. The monoisotopic (exact) mass is 508 g/mol. The van der Waals surface area contributed by atoms with Gasteiger partial charge >= 0.3 is 4.87 Å². The van der Waals surface area contributed by atoms with Gasteiger partial charge in [-0.05, 0) is 66.1 Å². The van der Waals surface area contributed by atoms with Gasteiger partial charge in [-0.15, -0.1) is 11.8 Å². The van der Waals surface area contributed by atoms with Gasteiger partial charge in [-0.3, -0.25) is 19.3 Å². The second-order valence-corrected chi connectivity index (χ2v) is 11.9. The van der Waals surface area contributed by atoms with Crippen LogP contribution in [0.15, 0.2) is 58.4 Å². The van der Waals surface area contributed by atoms with E-state index in [1.165, 1.54) is 40.5 Å². The van der Waals surface area contributed by atoms with E-state index in [1.807, 2.05) is 24.3 Å². The Kier molecular flexibility index (Phi) is 4.61. The average Bonchev–Trinajstić information content (AvgIpc) is 3.59. The van der Waals surface area contributed by atoms with Crippen molar-refractivity contribution in [2.24, 2.45) is 29.6 Å². The number of carbonyl (C=O) groups is 2. The van der Waals surface area contributed by atoms with Crippen LogP contribution >= 0.6 is 23.1 Å². The number of hydrogen-bond acceptors (Lipinski definition) is 6. The molecule has 2 aliphatic heterocycles. The van der Waals surface area contributed by atoms with Crippen molar-refractivity contribution in [3.63, 3.8) is 0 Å². The predicted octanol–water partition coefficient (Wildman–Crippen LogP) is 4.26. The van der Waals surface area contributed by atoms with E-state index in [9.17, 15) is 18.8 Å². The summed E-state index contributed by atoms with van der Waals surface area (Å²) in [6.07, 6.45) is 0.832. The molecule has 2 aliphatic carbocycles. The van der Waals surface area contributed by atoms with Gasteiger partial charge in [-0.1, -0.05) is 23.5 Å². The zero-order valence-corrected chi connectivity index (χ0v) is 20.3. The van der Waals surface area contributed by atoms with Crippen LogP contribution in [0.5, 0.6) is 5.75 Å². The molecule has 178 valence electrons. The quantitative estimate of drug-likeness (QED) is 0.535. The van der Waals surface area contributed by atoms with Crippen LogP contribution < -0.4 is 14.5 Å². The second kappa shape index (κ2) is 7.54. The molecule has 2 amide bonds. The normalized spacial score (nSPS) is 32.5. The zero-order chi connectivity index (χ0) is 24.0. The van der Waals surface area contributed by atoms with Gasteiger partial charge < -0.3 is 9.72 Å². The number of thiazole rings is 1. The fourth-order valence-electron chi connectivity index (χ4n) is 7.05. The number of imide groups is 1. The van der Waals surface area contributed by atoms with Crippen molar-refractivity contribution >= 4 is 40.6 Å². The van der Waals surface area contributed by atoms with Crippen LogP contribution in [-0.2, 0) is 9.59 Å². The minimum atomic E-state index is -0.405. The number of carbonyl (C=O) groups excluding carboxylic acids is 2. The van der Waals surface area contributed by atoms with Crippen LogP contribution in [0.25, 0.3) is 0 Å². The topological polar surface area (TPSA) is 79.5 Å². The highest BCUT2D eigenvalue weighted by atomic mass is 32.2. The molecule has 3 fully saturated rings. The van der Waals surface area contributed by atoms with Crippen LogP contribution in [0.2, 0.25) is 0 Å². The number of ether oxygens (including phenoxy) is 1. The first-order chi connectivity index (χ1) is 17.0. The molecular formula is C26H21FN2O4S2. The summed E-state index contributed by atoms with van der Waals surface area (Å²) in [5.41, 5.74) is 1.52. The number of halogens is 1. The van der Waals surface area contributed by atoms with Gasteiger partial charge in [0.25, 0.3) is 0 Å². The molecule has 2 aromatic carbocycles. The Morgan fingerprint density at radius 1 is 0.971 bits per heavy atom. The number of methoxy groups -OCH3 is 1. The molecule has 9 heteroatoms. The minimum absolute atomic E-state index is 0.0233. The highest BCUT2D eigenvalue weighted by molar-refractivity contribution is 8.00. The molecule has 1 N–H and O–H groups in total. The lowest BCUT2D eigenvalue weighted by atomic mass is 9.68. The summed E-state index contributed by atoms with van der Waals surface area (Å²) in [5.74, 6) is -0.523. The van der Waals surface area contributed by atoms with E-state index in [0.29, 0.717) is 5.69 Å². The molecular weight excluding hydrogens is 487 g/mol. The Hall–Kier alpha value is -2.91. The lowest BCUT2D eigenvalue weighted by Crippen LogP contribution is -2.42. The van der Waals surface area contributed by atoms with E-state index in [0.717, 1.165) is 27.6 Å². The molecule has 0 spiro atoms. The van der Waals surface area contributed by atoms with Crippen molar-refractivity contribution in [2.45, 2.75) is 22.6 Å². The van der Waals surface area contributed by atoms with E-state index in [4.69, 9.17) is 4.74 Å². The summed E-state index contributed by atoms with van der Waals surface area (Å²) in [5, 5.41) is 1.02. The number of anilines is 1. The maximum Gasteiger partial charge on any atom is 0.305 e. The lowest BCUT2D eigenvalue weighted by molar-refractivity contribution is -0.123.